The van der Waals surface area contributed by atoms with Gasteiger partial charge >= 0.3 is 0 Å². The predicted octanol–water partition coefficient (Wildman–Crippen LogP) is 3.39. The van der Waals surface area contributed by atoms with Crippen molar-refractivity contribution in [3.8, 4) is 5.75 Å². The van der Waals surface area contributed by atoms with Gasteiger partial charge in [0.1, 0.15) is 10.9 Å². The molecule has 0 fully saturated rings. The Labute approximate surface area is 116 Å². The second-order valence-electron chi connectivity index (χ2n) is 3.78. The van der Waals surface area contributed by atoms with E-state index in [1.807, 2.05) is 6.92 Å². The number of benzene rings is 1. The summed E-state index contributed by atoms with van der Waals surface area (Å²) in [5.74, 6) is 0.541. The van der Waals surface area contributed by atoms with Gasteiger partial charge in [-0.2, -0.15) is 0 Å². The first-order chi connectivity index (χ1) is 9.19. The predicted molar refractivity (Wildman–Crippen MR) is 74.8 cm³/mol. The molecule has 4 nitrogen and oxygen atoms in total. The first-order valence-electron chi connectivity index (χ1n) is 5.85. The molecule has 1 heterocycles. The first kappa shape index (κ1) is 13.4. The zero-order valence-electron chi connectivity index (χ0n) is 10.4. The Morgan fingerprint density at radius 3 is 2.58 bits per heavy atom. The quantitative estimate of drug-likeness (QED) is 0.871. The minimum absolute atomic E-state index is 0.202. The molecule has 0 aliphatic heterocycles. The number of nitrogens with zero attached hydrogens (tertiary/aromatic N) is 1. The zero-order valence-corrected chi connectivity index (χ0v) is 11.1. The highest BCUT2D eigenvalue weighted by atomic mass is 35.5. The molecule has 0 unspecified atom stereocenters. The lowest BCUT2D eigenvalue weighted by atomic mass is 10.2. The molecule has 0 saturated carbocycles. The smallest absolute Gasteiger partial charge is 0.255 e. The second kappa shape index (κ2) is 6.20. The number of pyridine rings is 1. The lowest BCUT2D eigenvalue weighted by Crippen LogP contribution is -2.11. The lowest BCUT2D eigenvalue weighted by Gasteiger charge is -2.06. The van der Waals surface area contributed by atoms with Gasteiger partial charge in [0.15, 0.2) is 0 Å². The third kappa shape index (κ3) is 3.69. The van der Waals surface area contributed by atoms with E-state index in [1.165, 1.54) is 6.20 Å². The molecule has 2 rings (SSSR count). The molecule has 0 aliphatic carbocycles. The number of amides is 1. The van der Waals surface area contributed by atoms with E-state index in [4.69, 9.17) is 16.3 Å². The van der Waals surface area contributed by atoms with E-state index < -0.39 is 0 Å². The summed E-state index contributed by atoms with van der Waals surface area (Å²) in [5, 5.41) is 3.12. The number of carbonyl (C=O) groups is 1. The number of anilines is 1. The van der Waals surface area contributed by atoms with Gasteiger partial charge < -0.3 is 10.1 Å². The molecule has 0 bridgehead atoms. The van der Waals surface area contributed by atoms with Crippen LogP contribution in [0, 0.1) is 0 Å². The molecule has 0 aliphatic rings. The highest BCUT2D eigenvalue weighted by Crippen LogP contribution is 2.14. The fraction of sp³-hybridized carbons (Fsp3) is 0.143. The Balaban J connectivity index is 2.05. The van der Waals surface area contributed by atoms with E-state index in [1.54, 1.807) is 36.4 Å². The van der Waals surface area contributed by atoms with Gasteiger partial charge in [0.2, 0.25) is 0 Å². The molecule has 5 heteroatoms. The Bertz CT molecular complexity index is 553. The van der Waals surface area contributed by atoms with Crippen molar-refractivity contribution in [1.82, 2.24) is 4.98 Å². The van der Waals surface area contributed by atoms with Gasteiger partial charge in [-0.3, -0.25) is 4.79 Å². The number of aromatic nitrogens is 1. The van der Waals surface area contributed by atoms with Crippen LogP contribution in [0.1, 0.15) is 17.3 Å². The highest BCUT2D eigenvalue weighted by molar-refractivity contribution is 6.29. The summed E-state index contributed by atoms with van der Waals surface area (Å²) in [7, 11) is 0. The minimum atomic E-state index is -0.202. The van der Waals surface area contributed by atoms with Crippen LogP contribution >= 0.6 is 11.6 Å². The van der Waals surface area contributed by atoms with Crippen LogP contribution in [-0.2, 0) is 0 Å². The molecule has 0 radical (unpaired) electrons. The molecule has 1 aromatic carbocycles. The average molecular weight is 277 g/mol. The second-order valence-corrected chi connectivity index (χ2v) is 4.17. The first-order valence-corrected chi connectivity index (χ1v) is 6.22. The Morgan fingerprint density at radius 2 is 2.00 bits per heavy atom. The molecule has 19 heavy (non-hydrogen) atoms. The fourth-order valence-electron chi connectivity index (χ4n) is 1.52. The normalized spacial score (nSPS) is 10.0. The minimum Gasteiger partial charge on any atom is -0.494 e. The molecule has 2 aromatic rings. The molecule has 1 amide bonds. The van der Waals surface area contributed by atoms with E-state index in [9.17, 15) is 4.79 Å². The van der Waals surface area contributed by atoms with Crippen LogP contribution in [0.25, 0.3) is 0 Å². The lowest BCUT2D eigenvalue weighted by molar-refractivity contribution is 0.102. The van der Waals surface area contributed by atoms with Gasteiger partial charge in [0.25, 0.3) is 5.91 Å². The SMILES string of the molecule is CCOc1ccc(C(=O)Nc2ccc(Cl)nc2)cc1. The summed E-state index contributed by atoms with van der Waals surface area (Å²) >= 11 is 5.67. The van der Waals surface area contributed by atoms with E-state index >= 15 is 0 Å². The molecule has 1 N–H and O–H groups in total. The molecule has 0 spiro atoms. The van der Waals surface area contributed by atoms with E-state index in [-0.39, 0.29) is 5.91 Å². The number of halogens is 1. The van der Waals surface area contributed by atoms with Crippen LogP contribution in [0.3, 0.4) is 0 Å². The number of rotatable bonds is 4. The fourth-order valence-corrected chi connectivity index (χ4v) is 1.63. The average Bonchev–Trinajstić information content (AvgIpc) is 2.42. The van der Waals surface area contributed by atoms with E-state index in [0.717, 1.165) is 5.75 Å². The van der Waals surface area contributed by atoms with Crippen molar-refractivity contribution in [3.05, 3.63) is 53.3 Å². The number of ether oxygens (including phenoxy) is 1. The van der Waals surface area contributed by atoms with Gasteiger partial charge in [-0.25, -0.2) is 4.98 Å². The van der Waals surface area contributed by atoms with E-state index in [2.05, 4.69) is 10.3 Å². The largest absolute Gasteiger partial charge is 0.494 e. The maximum Gasteiger partial charge on any atom is 0.255 e. The van der Waals surface area contributed by atoms with E-state index in [0.29, 0.717) is 23.0 Å². The maximum atomic E-state index is 12.0. The molecule has 1 aromatic heterocycles. The van der Waals surface area contributed by atoms with Crippen molar-refractivity contribution in [2.45, 2.75) is 6.92 Å². The van der Waals surface area contributed by atoms with Crippen molar-refractivity contribution in [1.29, 1.82) is 0 Å². The van der Waals surface area contributed by atoms with Crippen LogP contribution in [0.5, 0.6) is 5.75 Å². The Morgan fingerprint density at radius 1 is 1.26 bits per heavy atom. The molecule has 98 valence electrons. The Hall–Kier alpha value is -2.07. The van der Waals surface area contributed by atoms with Crippen LogP contribution in [-0.4, -0.2) is 17.5 Å². The third-order valence-electron chi connectivity index (χ3n) is 2.41. The van der Waals surface area contributed by atoms with Crippen molar-refractivity contribution in [3.63, 3.8) is 0 Å². The summed E-state index contributed by atoms with van der Waals surface area (Å²) < 4.78 is 5.32. The Kier molecular flexibility index (Phi) is 4.36. The monoisotopic (exact) mass is 276 g/mol. The molecular weight excluding hydrogens is 264 g/mol. The van der Waals surface area contributed by atoms with Crippen molar-refractivity contribution in [2.24, 2.45) is 0 Å². The topological polar surface area (TPSA) is 51.2 Å². The summed E-state index contributed by atoms with van der Waals surface area (Å²) in [6.45, 7) is 2.51. The van der Waals surface area contributed by atoms with Crippen molar-refractivity contribution < 1.29 is 9.53 Å². The van der Waals surface area contributed by atoms with Crippen molar-refractivity contribution >= 4 is 23.2 Å². The number of carbonyl (C=O) groups excluding carboxylic acids is 1. The summed E-state index contributed by atoms with van der Waals surface area (Å²) in [5.41, 5.74) is 1.15. The summed E-state index contributed by atoms with van der Waals surface area (Å²) in [4.78, 5) is 15.9. The highest BCUT2D eigenvalue weighted by Gasteiger charge is 2.06. The summed E-state index contributed by atoms with van der Waals surface area (Å²) in [6.07, 6.45) is 1.51. The van der Waals surface area contributed by atoms with Gasteiger partial charge in [0.05, 0.1) is 18.5 Å². The van der Waals surface area contributed by atoms with Gasteiger partial charge in [0, 0.05) is 5.56 Å². The maximum absolute atomic E-state index is 12.0. The third-order valence-corrected chi connectivity index (χ3v) is 2.64. The summed E-state index contributed by atoms with van der Waals surface area (Å²) in [6, 6.07) is 10.3. The van der Waals surface area contributed by atoms with Crippen molar-refractivity contribution in [2.75, 3.05) is 11.9 Å². The zero-order chi connectivity index (χ0) is 13.7. The van der Waals surface area contributed by atoms with Crippen LogP contribution in [0.15, 0.2) is 42.6 Å². The van der Waals surface area contributed by atoms with Gasteiger partial charge in [-0.1, -0.05) is 11.6 Å². The van der Waals surface area contributed by atoms with Gasteiger partial charge in [-0.15, -0.1) is 0 Å². The standard InChI is InChI=1S/C14H13ClN2O2/c1-2-19-12-6-3-10(4-7-12)14(18)17-11-5-8-13(15)16-9-11/h3-9H,2H2,1H3,(H,17,18). The van der Waals surface area contributed by atoms with Crippen LogP contribution < -0.4 is 10.1 Å². The number of hydrogen-bond acceptors (Lipinski definition) is 3. The van der Waals surface area contributed by atoms with Crippen LogP contribution in [0.4, 0.5) is 5.69 Å². The molecular formula is C14H13ClN2O2. The van der Waals surface area contributed by atoms with Gasteiger partial charge in [-0.05, 0) is 43.3 Å². The number of hydrogen-bond donors (Lipinski definition) is 1. The molecule has 0 saturated heterocycles. The number of nitrogens with one attached hydrogen (secondary N) is 1. The van der Waals surface area contributed by atoms with Crippen LogP contribution in [0.2, 0.25) is 5.15 Å². The molecule has 0 atom stereocenters.